The number of hydrogen-bond donors (Lipinski definition) is 0. The fraction of sp³-hybridized carbons (Fsp3) is 0.533. The zero-order valence-electron chi connectivity index (χ0n) is 12.1. The fourth-order valence-electron chi connectivity index (χ4n) is 1.96. The molecule has 0 bridgehead atoms. The van der Waals surface area contributed by atoms with Gasteiger partial charge >= 0.3 is 0 Å². The summed E-state index contributed by atoms with van der Waals surface area (Å²) in [5.41, 5.74) is 1.14. The lowest BCUT2D eigenvalue weighted by Gasteiger charge is -2.19. The highest BCUT2D eigenvalue weighted by atomic mass is 79.9. The van der Waals surface area contributed by atoms with Gasteiger partial charge in [0, 0.05) is 20.0 Å². The molecule has 3 nitrogen and oxygen atoms in total. The van der Waals surface area contributed by atoms with E-state index in [0.717, 1.165) is 28.8 Å². The highest BCUT2D eigenvalue weighted by molar-refractivity contribution is 9.10. The molecule has 0 radical (unpaired) electrons. The standard InChI is InChI=1S/C15H22BrNO2/c1-11(2)10-17(3)15(18)8-6-12-5-7-14(19-4)13(16)9-12/h5,7,9,11H,6,8,10H2,1-4H3. The van der Waals surface area contributed by atoms with Gasteiger partial charge in [-0.05, 0) is 46.0 Å². The van der Waals surface area contributed by atoms with E-state index < -0.39 is 0 Å². The van der Waals surface area contributed by atoms with Crippen LogP contribution in [0.15, 0.2) is 22.7 Å². The topological polar surface area (TPSA) is 29.5 Å². The number of hydrogen-bond acceptors (Lipinski definition) is 2. The molecule has 1 rings (SSSR count). The van der Waals surface area contributed by atoms with E-state index >= 15 is 0 Å². The van der Waals surface area contributed by atoms with E-state index in [1.54, 1.807) is 7.11 Å². The smallest absolute Gasteiger partial charge is 0.222 e. The van der Waals surface area contributed by atoms with Crippen molar-refractivity contribution in [1.29, 1.82) is 0 Å². The molecule has 0 saturated heterocycles. The highest BCUT2D eigenvalue weighted by Gasteiger charge is 2.10. The van der Waals surface area contributed by atoms with Crippen molar-refractivity contribution >= 4 is 21.8 Å². The first kappa shape index (κ1) is 16.0. The van der Waals surface area contributed by atoms with Gasteiger partial charge in [0.2, 0.25) is 5.91 Å². The molecule has 0 unspecified atom stereocenters. The normalized spacial score (nSPS) is 10.6. The van der Waals surface area contributed by atoms with Crippen LogP contribution in [-0.2, 0) is 11.2 Å². The number of methoxy groups -OCH3 is 1. The first-order chi connectivity index (χ1) is 8.93. The molecule has 0 spiro atoms. The number of carbonyl (C=O) groups is 1. The number of benzene rings is 1. The van der Waals surface area contributed by atoms with Crippen molar-refractivity contribution in [3.05, 3.63) is 28.2 Å². The molecule has 0 heterocycles. The third-order valence-corrected chi connectivity index (χ3v) is 3.53. The zero-order chi connectivity index (χ0) is 14.4. The molecule has 0 aliphatic rings. The van der Waals surface area contributed by atoms with Crippen LogP contribution >= 0.6 is 15.9 Å². The van der Waals surface area contributed by atoms with Gasteiger partial charge in [0.1, 0.15) is 5.75 Å². The van der Waals surface area contributed by atoms with Crippen LogP contribution < -0.4 is 4.74 Å². The van der Waals surface area contributed by atoms with Crippen LogP contribution in [0.3, 0.4) is 0 Å². The molecule has 0 aliphatic carbocycles. The summed E-state index contributed by atoms with van der Waals surface area (Å²) in [4.78, 5) is 13.8. The van der Waals surface area contributed by atoms with Crippen molar-refractivity contribution in [1.82, 2.24) is 4.90 Å². The van der Waals surface area contributed by atoms with Crippen molar-refractivity contribution in [2.24, 2.45) is 5.92 Å². The molecule has 4 heteroatoms. The Kier molecular flexibility index (Phi) is 6.35. The van der Waals surface area contributed by atoms with E-state index in [9.17, 15) is 4.79 Å². The first-order valence-electron chi connectivity index (χ1n) is 6.50. The number of rotatable bonds is 6. The molecule has 0 fully saturated rings. The third-order valence-electron chi connectivity index (χ3n) is 2.91. The summed E-state index contributed by atoms with van der Waals surface area (Å²) in [6, 6.07) is 5.93. The Morgan fingerprint density at radius 1 is 1.42 bits per heavy atom. The second-order valence-electron chi connectivity index (χ2n) is 5.14. The Bertz CT molecular complexity index is 432. The Balaban J connectivity index is 2.52. The monoisotopic (exact) mass is 327 g/mol. The zero-order valence-corrected chi connectivity index (χ0v) is 13.7. The predicted octanol–water partition coefficient (Wildman–Crippen LogP) is 3.50. The molecule has 106 valence electrons. The third kappa shape index (κ3) is 5.23. The minimum atomic E-state index is 0.195. The van der Waals surface area contributed by atoms with Crippen LogP contribution in [0.25, 0.3) is 0 Å². The predicted molar refractivity (Wildman–Crippen MR) is 81.5 cm³/mol. The van der Waals surface area contributed by atoms with Crippen LogP contribution in [0.1, 0.15) is 25.8 Å². The molecule has 19 heavy (non-hydrogen) atoms. The van der Waals surface area contributed by atoms with Crippen molar-refractivity contribution < 1.29 is 9.53 Å². The van der Waals surface area contributed by atoms with Crippen LogP contribution in [-0.4, -0.2) is 31.5 Å². The van der Waals surface area contributed by atoms with Gasteiger partial charge < -0.3 is 9.64 Å². The second-order valence-corrected chi connectivity index (χ2v) is 5.99. The van der Waals surface area contributed by atoms with E-state index in [0.29, 0.717) is 12.3 Å². The van der Waals surface area contributed by atoms with E-state index in [1.165, 1.54) is 0 Å². The average molecular weight is 328 g/mol. The Labute approximate surface area is 124 Å². The molecule has 0 N–H and O–H groups in total. The minimum absolute atomic E-state index is 0.195. The molecule has 0 aromatic heterocycles. The van der Waals surface area contributed by atoms with Crippen LogP contribution in [0, 0.1) is 5.92 Å². The Morgan fingerprint density at radius 2 is 2.11 bits per heavy atom. The lowest BCUT2D eigenvalue weighted by atomic mass is 10.1. The van der Waals surface area contributed by atoms with Crippen molar-refractivity contribution in [3.8, 4) is 5.75 Å². The number of amides is 1. The molecule has 1 amide bonds. The van der Waals surface area contributed by atoms with Gasteiger partial charge in [-0.15, -0.1) is 0 Å². The van der Waals surface area contributed by atoms with Gasteiger partial charge in [-0.25, -0.2) is 0 Å². The van der Waals surface area contributed by atoms with Gasteiger partial charge in [-0.3, -0.25) is 4.79 Å². The lowest BCUT2D eigenvalue weighted by Crippen LogP contribution is -2.30. The van der Waals surface area contributed by atoms with Crippen molar-refractivity contribution in [3.63, 3.8) is 0 Å². The summed E-state index contributed by atoms with van der Waals surface area (Å²) in [7, 11) is 3.51. The number of ether oxygens (including phenoxy) is 1. The summed E-state index contributed by atoms with van der Waals surface area (Å²) in [6.07, 6.45) is 1.30. The Hall–Kier alpha value is -1.03. The summed E-state index contributed by atoms with van der Waals surface area (Å²) < 4.78 is 6.11. The minimum Gasteiger partial charge on any atom is -0.496 e. The maximum Gasteiger partial charge on any atom is 0.222 e. The summed E-state index contributed by atoms with van der Waals surface area (Å²) in [5.74, 6) is 1.51. The van der Waals surface area contributed by atoms with Gasteiger partial charge in [-0.2, -0.15) is 0 Å². The van der Waals surface area contributed by atoms with Crippen LogP contribution in [0.2, 0.25) is 0 Å². The van der Waals surface area contributed by atoms with Crippen LogP contribution in [0.4, 0.5) is 0 Å². The second kappa shape index (κ2) is 7.53. The quantitative estimate of drug-likeness (QED) is 0.800. The fourth-order valence-corrected chi connectivity index (χ4v) is 2.55. The maximum atomic E-state index is 11.9. The molecule has 1 aromatic carbocycles. The molecule has 0 atom stereocenters. The molecule has 1 aromatic rings. The molecule has 0 saturated carbocycles. The highest BCUT2D eigenvalue weighted by Crippen LogP contribution is 2.26. The van der Waals surface area contributed by atoms with Gasteiger partial charge in [0.05, 0.1) is 11.6 Å². The summed E-state index contributed by atoms with van der Waals surface area (Å²) in [6.45, 7) is 5.04. The lowest BCUT2D eigenvalue weighted by molar-refractivity contribution is -0.130. The van der Waals surface area contributed by atoms with E-state index in [4.69, 9.17) is 4.74 Å². The average Bonchev–Trinajstić information content (AvgIpc) is 2.35. The van der Waals surface area contributed by atoms with Crippen LogP contribution in [0.5, 0.6) is 5.75 Å². The summed E-state index contributed by atoms with van der Waals surface area (Å²) in [5, 5.41) is 0. The number of nitrogens with zero attached hydrogens (tertiary/aromatic N) is 1. The van der Waals surface area contributed by atoms with Crippen molar-refractivity contribution in [2.75, 3.05) is 20.7 Å². The van der Waals surface area contributed by atoms with Gasteiger partial charge in [0.15, 0.2) is 0 Å². The van der Waals surface area contributed by atoms with E-state index in [-0.39, 0.29) is 5.91 Å². The SMILES string of the molecule is COc1ccc(CCC(=O)N(C)CC(C)C)cc1Br. The molecular weight excluding hydrogens is 306 g/mol. The number of carbonyl (C=O) groups excluding carboxylic acids is 1. The van der Waals surface area contributed by atoms with E-state index in [1.807, 2.05) is 30.1 Å². The Morgan fingerprint density at radius 3 is 2.63 bits per heavy atom. The molecular formula is C15H22BrNO2. The van der Waals surface area contributed by atoms with E-state index in [2.05, 4.69) is 29.8 Å². The van der Waals surface area contributed by atoms with Gasteiger partial charge in [0.25, 0.3) is 0 Å². The largest absolute Gasteiger partial charge is 0.496 e. The van der Waals surface area contributed by atoms with Gasteiger partial charge in [-0.1, -0.05) is 19.9 Å². The van der Waals surface area contributed by atoms with Crippen molar-refractivity contribution in [2.45, 2.75) is 26.7 Å². The maximum absolute atomic E-state index is 11.9. The summed E-state index contributed by atoms with van der Waals surface area (Å²) >= 11 is 3.46. The number of halogens is 1. The molecule has 0 aliphatic heterocycles. The number of aryl methyl sites for hydroxylation is 1. The first-order valence-corrected chi connectivity index (χ1v) is 7.29.